The maximum Gasteiger partial charge on any atom is 0.137 e. The van der Waals surface area contributed by atoms with Crippen molar-refractivity contribution in [3.05, 3.63) is 57.8 Å². The van der Waals surface area contributed by atoms with Gasteiger partial charge in [-0.2, -0.15) is 0 Å². The Morgan fingerprint density at radius 3 is 2.95 bits per heavy atom. The molecule has 0 amide bonds. The predicted octanol–water partition coefficient (Wildman–Crippen LogP) is 4.79. The molecule has 5 heteroatoms. The zero-order valence-electron chi connectivity index (χ0n) is 10.9. The first-order valence-corrected chi connectivity index (χ1v) is 7.01. The molecule has 0 atom stereocenters. The highest BCUT2D eigenvalue weighted by Gasteiger charge is 2.07. The van der Waals surface area contributed by atoms with Crippen LogP contribution in [0, 0.1) is 6.92 Å². The summed E-state index contributed by atoms with van der Waals surface area (Å²) in [7, 11) is 0. The number of nitrogens with one attached hydrogen (secondary N) is 2. The molecule has 3 nitrogen and oxygen atoms in total. The number of nitrogens with zero attached hydrogens (tertiary/aromatic N) is 1. The minimum absolute atomic E-state index is 0.658. The van der Waals surface area contributed by atoms with E-state index in [1.54, 1.807) is 6.20 Å². The molecule has 1 aromatic carbocycles. The van der Waals surface area contributed by atoms with E-state index in [4.69, 9.17) is 23.2 Å². The second-order valence-electron chi connectivity index (χ2n) is 4.65. The van der Waals surface area contributed by atoms with Crippen LogP contribution in [0.4, 0.5) is 5.69 Å². The minimum Gasteiger partial charge on any atom is -0.380 e. The van der Waals surface area contributed by atoms with Gasteiger partial charge in [-0.25, -0.2) is 4.98 Å². The van der Waals surface area contributed by atoms with Gasteiger partial charge in [0, 0.05) is 29.3 Å². The second kappa shape index (κ2) is 5.35. The van der Waals surface area contributed by atoms with Crippen molar-refractivity contribution in [3.8, 4) is 0 Å². The van der Waals surface area contributed by atoms with Crippen molar-refractivity contribution >= 4 is 39.9 Å². The van der Waals surface area contributed by atoms with Gasteiger partial charge in [-0.1, -0.05) is 23.2 Å². The highest BCUT2D eigenvalue weighted by atomic mass is 35.5. The molecule has 3 rings (SSSR count). The molecule has 0 aliphatic heterocycles. The Morgan fingerprint density at radius 2 is 2.10 bits per heavy atom. The third-order valence-corrected chi connectivity index (χ3v) is 3.97. The van der Waals surface area contributed by atoms with Crippen LogP contribution in [0.15, 0.2) is 36.7 Å². The van der Waals surface area contributed by atoms with E-state index in [1.165, 1.54) is 0 Å². The van der Waals surface area contributed by atoms with Crippen LogP contribution in [0.2, 0.25) is 10.0 Å². The van der Waals surface area contributed by atoms with Gasteiger partial charge < -0.3 is 10.3 Å². The fourth-order valence-corrected chi connectivity index (χ4v) is 2.58. The zero-order chi connectivity index (χ0) is 14.1. The first-order valence-electron chi connectivity index (χ1n) is 6.25. The van der Waals surface area contributed by atoms with Crippen molar-refractivity contribution in [3.63, 3.8) is 0 Å². The maximum atomic E-state index is 6.22. The number of halogens is 2. The monoisotopic (exact) mass is 305 g/mol. The number of rotatable bonds is 3. The van der Waals surface area contributed by atoms with Gasteiger partial charge in [0.1, 0.15) is 5.65 Å². The van der Waals surface area contributed by atoms with Crippen LogP contribution in [-0.4, -0.2) is 9.97 Å². The second-order valence-corrected chi connectivity index (χ2v) is 5.46. The van der Waals surface area contributed by atoms with Crippen LogP contribution in [0.1, 0.15) is 11.1 Å². The van der Waals surface area contributed by atoms with Crippen molar-refractivity contribution in [1.29, 1.82) is 0 Å². The van der Waals surface area contributed by atoms with E-state index < -0.39 is 0 Å². The molecular weight excluding hydrogens is 293 g/mol. The van der Waals surface area contributed by atoms with E-state index in [0.717, 1.165) is 27.8 Å². The summed E-state index contributed by atoms with van der Waals surface area (Å²) < 4.78 is 0. The molecule has 2 N–H and O–H groups in total. The zero-order valence-corrected chi connectivity index (χ0v) is 12.4. The molecular formula is C15H13Cl2N3. The molecule has 102 valence electrons. The lowest BCUT2D eigenvalue weighted by Crippen LogP contribution is -1.99. The highest BCUT2D eigenvalue weighted by Crippen LogP contribution is 2.29. The van der Waals surface area contributed by atoms with Crippen molar-refractivity contribution in [2.75, 3.05) is 5.32 Å². The van der Waals surface area contributed by atoms with Crippen LogP contribution in [0.3, 0.4) is 0 Å². The van der Waals surface area contributed by atoms with Crippen molar-refractivity contribution in [1.82, 2.24) is 9.97 Å². The number of hydrogen-bond donors (Lipinski definition) is 2. The van der Waals surface area contributed by atoms with Crippen molar-refractivity contribution in [2.45, 2.75) is 13.5 Å². The van der Waals surface area contributed by atoms with E-state index in [9.17, 15) is 0 Å². The number of aromatic nitrogens is 2. The fourth-order valence-electron chi connectivity index (χ4n) is 2.13. The van der Waals surface area contributed by atoms with E-state index in [2.05, 4.69) is 15.3 Å². The SMILES string of the molecule is Cc1cc(Cl)c(NCc2c[nH]c3ncccc23)cc1Cl. The average Bonchev–Trinajstić information content (AvgIpc) is 2.85. The molecule has 0 aliphatic rings. The largest absolute Gasteiger partial charge is 0.380 e. The summed E-state index contributed by atoms with van der Waals surface area (Å²) in [6.45, 7) is 2.59. The summed E-state index contributed by atoms with van der Waals surface area (Å²) in [6, 6.07) is 7.68. The Kier molecular flexibility index (Phi) is 3.55. The third-order valence-electron chi connectivity index (χ3n) is 3.25. The Bertz CT molecular complexity index is 765. The van der Waals surface area contributed by atoms with Gasteiger partial charge in [0.25, 0.3) is 0 Å². The van der Waals surface area contributed by atoms with Gasteiger partial charge in [0.05, 0.1) is 10.7 Å². The maximum absolute atomic E-state index is 6.22. The molecule has 0 saturated carbocycles. The minimum atomic E-state index is 0.658. The topological polar surface area (TPSA) is 40.7 Å². The van der Waals surface area contributed by atoms with E-state index >= 15 is 0 Å². The van der Waals surface area contributed by atoms with Gasteiger partial charge in [0.2, 0.25) is 0 Å². The Balaban J connectivity index is 1.85. The third kappa shape index (κ3) is 2.47. The number of hydrogen-bond acceptors (Lipinski definition) is 2. The van der Waals surface area contributed by atoms with Gasteiger partial charge in [0.15, 0.2) is 0 Å². The summed E-state index contributed by atoms with van der Waals surface area (Å²) in [5.41, 5.74) is 3.83. The molecule has 0 aliphatic carbocycles. The Hall–Kier alpha value is -1.71. The van der Waals surface area contributed by atoms with E-state index in [1.807, 2.05) is 37.4 Å². The molecule has 2 aromatic heterocycles. The normalized spacial score (nSPS) is 10.9. The number of aryl methyl sites for hydroxylation is 1. The van der Waals surface area contributed by atoms with E-state index in [0.29, 0.717) is 16.6 Å². The number of fused-ring (bicyclic) bond motifs is 1. The number of anilines is 1. The summed E-state index contributed by atoms with van der Waals surface area (Å²) in [4.78, 5) is 7.42. The molecule has 0 bridgehead atoms. The van der Waals surface area contributed by atoms with Gasteiger partial charge in [-0.3, -0.25) is 0 Å². The van der Waals surface area contributed by atoms with Crippen molar-refractivity contribution < 1.29 is 0 Å². The molecule has 0 saturated heterocycles. The first kappa shape index (κ1) is 13.3. The molecule has 0 unspecified atom stereocenters. The molecule has 0 radical (unpaired) electrons. The van der Waals surface area contributed by atoms with Crippen molar-refractivity contribution in [2.24, 2.45) is 0 Å². The number of H-pyrrole nitrogens is 1. The molecule has 0 fully saturated rings. The Labute approximate surface area is 126 Å². The van der Waals surface area contributed by atoms with Crippen LogP contribution in [0.5, 0.6) is 0 Å². The smallest absolute Gasteiger partial charge is 0.137 e. The van der Waals surface area contributed by atoms with Gasteiger partial charge >= 0.3 is 0 Å². The summed E-state index contributed by atoms with van der Waals surface area (Å²) in [6.07, 6.45) is 3.72. The first-order chi connectivity index (χ1) is 9.65. The van der Waals surface area contributed by atoms with Crippen LogP contribution < -0.4 is 5.32 Å². The Morgan fingerprint density at radius 1 is 1.25 bits per heavy atom. The van der Waals surface area contributed by atoms with Crippen LogP contribution in [-0.2, 0) is 6.54 Å². The summed E-state index contributed by atoms with van der Waals surface area (Å²) in [5.74, 6) is 0. The fraction of sp³-hybridized carbons (Fsp3) is 0.133. The van der Waals surface area contributed by atoms with Gasteiger partial charge in [-0.05, 0) is 42.3 Å². The van der Waals surface area contributed by atoms with Crippen LogP contribution in [0.25, 0.3) is 11.0 Å². The lowest BCUT2D eigenvalue weighted by Gasteiger charge is -2.10. The number of benzene rings is 1. The predicted molar refractivity (Wildman–Crippen MR) is 84.6 cm³/mol. The molecule has 3 aromatic rings. The standard InChI is InChI=1S/C15H13Cl2N3/c1-9-5-13(17)14(6-12(9)16)19-7-10-8-20-15-11(10)3-2-4-18-15/h2-6,8,19H,7H2,1H3,(H,18,20). The van der Waals surface area contributed by atoms with Gasteiger partial charge in [-0.15, -0.1) is 0 Å². The number of aromatic amines is 1. The van der Waals surface area contributed by atoms with E-state index in [-0.39, 0.29) is 0 Å². The molecule has 20 heavy (non-hydrogen) atoms. The number of pyridine rings is 1. The molecule has 2 heterocycles. The quantitative estimate of drug-likeness (QED) is 0.730. The summed E-state index contributed by atoms with van der Waals surface area (Å²) in [5, 5.41) is 5.79. The highest BCUT2D eigenvalue weighted by molar-refractivity contribution is 6.35. The lowest BCUT2D eigenvalue weighted by atomic mass is 10.2. The van der Waals surface area contributed by atoms with Crippen LogP contribution >= 0.6 is 23.2 Å². The summed E-state index contributed by atoms with van der Waals surface area (Å²) >= 11 is 12.3. The molecule has 0 spiro atoms. The lowest BCUT2D eigenvalue weighted by molar-refractivity contribution is 1.16. The average molecular weight is 306 g/mol.